The molecule has 0 spiro atoms. The molecule has 1 aliphatic carbocycles. The summed E-state index contributed by atoms with van der Waals surface area (Å²) in [5, 5.41) is 13.8. The zero-order valence-corrected chi connectivity index (χ0v) is 10.3. The van der Waals surface area contributed by atoms with Crippen molar-refractivity contribution >= 4 is 11.6 Å². The molecule has 0 amide bonds. The van der Waals surface area contributed by atoms with Gasteiger partial charge in [0.05, 0.1) is 0 Å². The van der Waals surface area contributed by atoms with E-state index in [1.165, 1.54) is 19.3 Å². The Hall–Kier alpha value is -0.730. The van der Waals surface area contributed by atoms with E-state index >= 15 is 0 Å². The maximum atomic E-state index is 9.67. The Morgan fingerprint density at radius 3 is 3.00 bits per heavy atom. The zero-order valence-electron chi connectivity index (χ0n) is 9.54. The Kier molecular flexibility index (Phi) is 3.72. The minimum Gasteiger partial charge on any atom is -0.508 e. The molecule has 0 aromatic heterocycles. The highest BCUT2D eigenvalue weighted by Crippen LogP contribution is 2.35. The Morgan fingerprint density at radius 2 is 2.31 bits per heavy atom. The van der Waals surface area contributed by atoms with Crippen LogP contribution in [0.3, 0.4) is 0 Å². The number of aromatic hydroxyl groups is 1. The van der Waals surface area contributed by atoms with E-state index in [1.54, 1.807) is 12.1 Å². The number of hydrogen-bond donors (Lipinski definition) is 2. The molecule has 0 aliphatic heterocycles. The first-order chi connectivity index (χ1) is 7.72. The summed E-state index contributed by atoms with van der Waals surface area (Å²) in [7, 11) is 0. The Bertz CT molecular complexity index is 347. The van der Waals surface area contributed by atoms with Crippen molar-refractivity contribution in [2.45, 2.75) is 38.8 Å². The minimum atomic E-state index is 0.285. The molecule has 1 aliphatic rings. The zero-order chi connectivity index (χ0) is 11.5. The van der Waals surface area contributed by atoms with E-state index in [4.69, 9.17) is 11.6 Å². The van der Waals surface area contributed by atoms with Crippen LogP contribution >= 0.6 is 11.6 Å². The second kappa shape index (κ2) is 5.07. The average molecular weight is 240 g/mol. The molecule has 2 rings (SSSR count). The van der Waals surface area contributed by atoms with E-state index in [-0.39, 0.29) is 5.75 Å². The largest absolute Gasteiger partial charge is 0.508 e. The van der Waals surface area contributed by atoms with Crippen LogP contribution in [0.5, 0.6) is 5.75 Å². The van der Waals surface area contributed by atoms with Gasteiger partial charge in [0.15, 0.2) is 0 Å². The number of hydrogen-bond acceptors (Lipinski definition) is 2. The first kappa shape index (κ1) is 11.7. The maximum Gasteiger partial charge on any atom is 0.121 e. The fraction of sp³-hybridized carbons (Fsp3) is 0.538. The van der Waals surface area contributed by atoms with Crippen molar-refractivity contribution < 1.29 is 5.11 Å². The molecule has 16 heavy (non-hydrogen) atoms. The number of phenolic OH excluding ortho intramolecular Hbond substituents is 1. The Morgan fingerprint density at radius 1 is 1.50 bits per heavy atom. The average Bonchev–Trinajstić information content (AvgIpc) is 2.97. The smallest absolute Gasteiger partial charge is 0.121 e. The van der Waals surface area contributed by atoms with Crippen LogP contribution in [0.1, 0.15) is 31.7 Å². The molecule has 1 aromatic carbocycles. The Balaban J connectivity index is 1.86. The third-order valence-electron chi connectivity index (χ3n) is 3.22. The molecule has 0 heterocycles. The summed E-state index contributed by atoms with van der Waals surface area (Å²) in [5.41, 5.74) is 0.811. The van der Waals surface area contributed by atoms with Gasteiger partial charge < -0.3 is 10.4 Å². The summed E-state index contributed by atoms with van der Waals surface area (Å²) >= 11 is 6.03. The summed E-state index contributed by atoms with van der Waals surface area (Å²) in [6, 6.07) is 5.88. The molecular weight excluding hydrogens is 222 g/mol. The third kappa shape index (κ3) is 2.69. The Labute approximate surface area is 102 Å². The molecule has 2 unspecified atom stereocenters. The van der Waals surface area contributed by atoms with Crippen molar-refractivity contribution in [2.24, 2.45) is 5.92 Å². The standard InChI is InChI=1S/C13H18ClNO/c1-2-4-9-7-12(9)15-8-10-11(14)5-3-6-13(10)16/h3,5-6,9,12,15-16H,2,4,7-8H2,1H3. The summed E-state index contributed by atoms with van der Waals surface area (Å²) in [5.74, 6) is 1.11. The van der Waals surface area contributed by atoms with Crippen LogP contribution in [0.2, 0.25) is 5.02 Å². The lowest BCUT2D eigenvalue weighted by atomic mass is 10.2. The van der Waals surface area contributed by atoms with E-state index in [0.29, 0.717) is 17.6 Å². The van der Waals surface area contributed by atoms with Gasteiger partial charge in [0, 0.05) is 23.2 Å². The van der Waals surface area contributed by atoms with Crippen molar-refractivity contribution in [3.05, 3.63) is 28.8 Å². The van der Waals surface area contributed by atoms with Crippen molar-refractivity contribution in [1.82, 2.24) is 5.32 Å². The van der Waals surface area contributed by atoms with Crippen molar-refractivity contribution in [3.8, 4) is 5.75 Å². The minimum absolute atomic E-state index is 0.285. The first-order valence-corrected chi connectivity index (χ1v) is 6.30. The molecule has 0 saturated heterocycles. The molecular formula is C13H18ClNO. The lowest BCUT2D eigenvalue weighted by Crippen LogP contribution is -2.17. The summed E-state index contributed by atoms with van der Waals surface area (Å²) in [6.45, 7) is 2.88. The van der Waals surface area contributed by atoms with Gasteiger partial charge in [0.25, 0.3) is 0 Å². The molecule has 1 saturated carbocycles. The van der Waals surface area contributed by atoms with Crippen LogP contribution in [0.4, 0.5) is 0 Å². The summed E-state index contributed by atoms with van der Waals surface area (Å²) < 4.78 is 0. The highest BCUT2D eigenvalue weighted by molar-refractivity contribution is 6.31. The number of phenols is 1. The van der Waals surface area contributed by atoms with Crippen LogP contribution in [-0.4, -0.2) is 11.1 Å². The summed E-state index contributed by atoms with van der Waals surface area (Å²) in [4.78, 5) is 0. The van der Waals surface area contributed by atoms with Crippen LogP contribution in [0, 0.1) is 5.92 Å². The van der Waals surface area contributed by atoms with Gasteiger partial charge in [-0.15, -0.1) is 0 Å². The van der Waals surface area contributed by atoms with Crippen LogP contribution in [0.15, 0.2) is 18.2 Å². The second-order valence-corrected chi connectivity index (χ2v) is 4.92. The molecule has 2 N–H and O–H groups in total. The normalized spacial score (nSPS) is 23.4. The fourth-order valence-electron chi connectivity index (χ4n) is 2.14. The van der Waals surface area contributed by atoms with Gasteiger partial charge in [0.1, 0.15) is 5.75 Å². The van der Waals surface area contributed by atoms with Crippen molar-refractivity contribution in [3.63, 3.8) is 0 Å². The van der Waals surface area contributed by atoms with Gasteiger partial charge in [0.2, 0.25) is 0 Å². The van der Waals surface area contributed by atoms with Crippen LogP contribution in [0.25, 0.3) is 0 Å². The highest BCUT2D eigenvalue weighted by Gasteiger charge is 2.35. The second-order valence-electron chi connectivity index (χ2n) is 4.51. The lowest BCUT2D eigenvalue weighted by Gasteiger charge is -2.08. The van der Waals surface area contributed by atoms with Gasteiger partial charge in [-0.25, -0.2) is 0 Å². The quantitative estimate of drug-likeness (QED) is 0.826. The number of rotatable bonds is 5. The first-order valence-electron chi connectivity index (χ1n) is 5.92. The fourth-order valence-corrected chi connectivity index (χ4v) is 2.38. The molecule has 2 atom stereocenters. The SMILES string of the molecule is CCCC1CC1NCc1c(O)cccc1Cl. The number of halogens is 1. The molecule has 1 fully saturated rings. The maximum absolute atomic E-state index is 9.67. The molecule has 1 aromatic rings. The van der Waals surface area contributed by atoms with Crippen molar-refractivity contribution in [2.75, 3.05) is 0 Å². The van der Waals surface area contributed by atoms with E-state index < -0.39 is 0 Å². The van der Waals surface area contributed by atoms with Gasteiger partial charge >= 0.3 is 0 Å². The monoisotopic (exact) mass is 239 g/mol. The van der Waals surface area contributed by atoms with Crippen molar-refractivity contribution in [1.29, 1.82) is 0 Å². The highest BCUT2D eigenvalue weighted by atomic mass is 35.5. The van der Waals surface area contributed by atoms with Gasteiger partial charge in [-0.2, -0.15) is 0 Å². The topological polar surface area (TPSA) is 32.3 Å². The predicted octanol–water partition coefficient (Wildman–Crippen LogP) is 3.32. The molecule has 0 bridgehead atoms. The predicted molar refractivity (Wildman–Crippen MR) is 66.8 cm³/mol. The number of nitrogens with one attached hydrogen (secondary N) is 1. The van der Waals surface area contributed by atoms with Gasteiger partial charge in [-0.3, -0.25) is 0 Å². The van der Waals surface area contributed by atoms with E-state index in [1.807, 2.05) is 6.07 Å². The number of benzene rings is 1. The molecule has 88 valence electrons. The lowest BCUT2D eigenvalue weighted by molar-refractivity contribution is 0.463. The molecule has 2 nitrogen and oxygen atoms in total. The van der Waals surface area contributed by atoms with Crippen LogP contribution in [-0.2, 0) is 6.54 Å². The summed E-state index contributed by atoms with van der Waals surface area (Å²) in [6.07, 6.45) is 3.81. The third-order valence-corrected chi connectivity index (χ3v) is 3.57. The van der Waals surface area contributed by atoms with E-state index in [0.717, 1.165) is 11.5 Å². The van der Waals surface area contributed by atoms with Gasteiger partial charge in [-0.05, 0) is 30.9 Å². The molecule has 3 heteroatoms. The van der Waals surface area contributed by atoms with E-state index in [9.17, 15) is 5.11 Å². The van der Waals surface area contributed by atoms with E-state index in [2.05, 4.69) is 12.2 Å². The van der Waals surface area contributed by atoms with Crippen LogP contribution < -0.4 is 5.32 Å². The molecule has 0 radical (unpaired) electrons. The van der Waals surface area contributed by atoms with Gasteiger partial charge in [-0.1, -0.05) is 31.0 Å².